The number of amides is 1. The van der Waals surface area contributed by atoms with Gasteiger partial charge in [-0.25, -0.2) is 13.4 Å². The zero-order valence-electron chi connectivity index (χ0n) is 14.5. The maximum Gasteiger partial charge on any atom is 0.251 e. The number of rotatable bonds is 3. The molecule has 0 radical (unpaired) electrons. The lowest BCUT2D eigenvalue weighted by Crippen LogP contribution is -2.35. The summed E-state index contributed by atoms with van der Waals surface area (Å²) in [5.74, 6) is -0.0694. The average Bonchev–Trinajstić information content (AvgIpc) is 3.23. The SMILES string of the molecule is Cc1ccc(C)n1-c1nc2ccc(C(=O)N[C@@H]3CCS(=O)(=O)C3)cc2s1. The number of hydrogen-bond acceptors (Lipinski definition) is 5. The molecule has 0 bridgehead atoms. The fourth-order valence-electron chi connectivity index (χ4n) is 3.30. The van der Waals surface area contributed by atoms with Gasteiger partial charge in [0.25, 0.3) is 5.91 Å². The van der Waals surface area contributed by atoms with Gasteiger partial charge < -0.3 is 5.32 Å². The van der Waals surface area contributed by atoms with E-state index < -0.39 is 9.84 Å². The van der Waals surface area contributed by atoms with Gasteiger partial charge in [-0.3, -0.25) is 9.36 Å². The molecule has 3 aromatic rings. The molecule has 3 heterocycles. The first-order valence-electron chi connectivity index (χ1n) is 8.39. The molecule has 1 atom stereocenters. The molecule has 26 heavy (non-hydrogen) atoms. The van der Waals surface area contributed by atoms with Crippen LogP contribution in [0.4, 0.5) is 0 Å². The minimum Gasteiger partial charge on any atom is -0.348 e. The standard InChI is InChI=1S/C18H19N3O3S2/c1-11-3-4-12(2)21(11)18-20-15-6-5-13(9-16(15)25-18)17(22)19-14-7-8-26(23,24)10-14/h3-6,9,14H,7-8,10H2,1-2H3,(H,19,22)/t14-/m1/s1. The van der Waals surface area contributed by atoms with Crippen LogP contribution in [0.15, 0.2) is 30.3 Å². The topological polar surface area (TPSA) is 81.1 Å². The van der Waals surface area contributed by atoms with Crippen LogP contribution in [-0.2, 0) is 9.84 Å². The fraction of sp³-hybridized carbons (Fsp3) is 0.333. The van der Waals surface area contributed by atoms with E-state index in [0.717, 1.165) is 26.7 Å². The van der Waals surface area contributed by atoms with Gasteiger partial charge in [0.2, 0.25) is 0 Å². The number of carbonyl (C=O) groups excluding carboxylic acids is 1. The second-order valence-corrected chi connectivity index (χ2v) is 9.94. The Kier molecular flexibility index (Phi) is 4.11. The molecule has 0 spiro atoms. The van der Waals surface area contributed by atoms with E-state index in [2.05, 4.69) is 27.0 Å². The van der Waals surface area contributed by atoms with Gasteiger partial charge in [-0.05, 0) is 50.6 Å². The van der Waals surface area contributed by atoms with Crippen LogP contribution in [0, 0.1) is 13.8 Å². The smallest absolute Gasteiger partial charge is 0.251 e. The van der Waals surface area contributed by atoms with Gasteiger partial charge >= 0.3 is 0 Å². The van der Waals surface area contributed by atoms with Crippen molar-refractivity contribution in [3.8, 4) is 5.13 Å². The monoisotopic (exact) mass is 389 g/mol. The van der Waals surface area contributed by atoms with Crippen molar-refractivity contribution in [1.82, 2.24) is 14.9 Å². The summed E-state index contributed by atoms with van der Waals surface area (Å²) < 4.78 is 26.1. The van der Waals surface area contributed by atoms with Crippen molar-refractivity contribution in [2.75, 3.05) is 11.5 Å². The number of hydrogen-bond donors (Lipinski definition) is 1. The first kappa shape index (κ1) is 17.2. The lowest BCUT2D eigenvalue weighted by Gasteiger charge is -2.10. The summed E-state index contributed by atoms with van der Waals surface area (Å²) in [7, 11) is -3.01. The number of aryl methyl sites for hydroxylation is 2. The Morgan fingerprint density at radius 2 is 1.96 bits per heavy atom. The first-order valence-corrected chi connectivity index (χ1v) is 11.0. The molecular formula is C18H19N3O3S2. The second kappa shape index (κ2) is 6.21. The third-order valence-corrected chi connectivity index (χ3v) is 7.44. The molecule has 4 rings (SSSR count). The van der Waals surface area contributed by atoms with E-state index in [9.17, 15) is 13.2 Å². The number of thiazole rings is 1. The van der Waals surface area contributed by atoms with E-state index in [1.54, 1.807) is 6.07 Å². The van der Waals surface area contributed by atoms with E-state index in [-0.39, 0.29) is 23.5 Å². The Labute approximate surface area is 155 Å². The summed E-state index contributed by atoms with van der Waals surface area (Å²) in [6.45, 7) is 4.07. The maximum atomic E-state index is 12.5. The van der Waals surface area contributed by atoms with Crippen LogP contribution < -0.4 is 5.32 Å². The third kappa shape index (κ3) is 3.14. The lowest BCUT2D eigenvalue weighted by molar-refractivity contribution is 0.0941. The van der Waals surface area contributed by atoms with Crippen LogP contribution >= 0.6 is 11.3 Å². The van der Waals surface area contributed by atoms with Gasteiger partial charge in [0.15, 0.2) is 15.0 Å². The molecule has 136 valence electrons. The van der Waals surface area contributed by atoms with Gasteiger partial charge in [0.05, 0.1) is 21.7 Å². The van der Waals surface area contributed by atoms with Crippen LogP contribution in [0.3, 0.4) is 0 Å². The summed E-state index contributed by atoms with van der Waals surface area (Å²) in [6.07, 6.45) is 0.479. The molecule has 1 N–H and O–H groups in total. The number of carbonyl (C=O) groups is 1. The quantitative estimate of drug-likeness (QED) is 0.747. The molecule has 0 unspecified atom stereocenters. The van der Waals surface area contributed by atoms with Crippen molar-refractivity contribution in [1.29, 1.82) is 0 Å². The zero-order valence-corrected chi connectivity index (χ0v) is 16.2. The van der Waals surface area contributed by atoms with Crippen molar-refractivity contribution in [3.63, 3.8) is 0 Å². The summed E-state index contributed by atoms with van der Waals surface area (Å²) in [5, 5.41) is 3.70. The highest BCUT2D eigenvalue weighted by atomic mass is 32.2. The van der Waals surface area contributed by atoms with Crippen molar-refractivity contribution in [2.45, 2.75) is 26.3 Å². The number of nitrogens with zero attached hydrogens (tertiary/aromatic N) is 2. The third-order valence-electron chi connectivity index (χ3n) is 4.67. The predicted molar refractivity (Wildman–Crippen MR) is 103 cm³/mol. The summed E-state index contributed by atoms with van der Waals surface area (Å²) in [6, 6.07) is 9.20. The molecule has 1 aromatic carbocycles. The van der Waals surface area contributed by atoms with Gasteiger partial charge in [0, 0.05) is 23.0 Å². The molecule has 1 aliphatic heterocycles. The minimum atomic E-state index is -3.01. The van der Waals surface area contributed by atoms with E-state index in [0.29, 0.717) is 12.0 Å². The molecule has 1 amide bonds. The Bertz CT molecular complexity index is 1090. The normalized spacial score (nSPS) is 19.1. The van der Waals surface area contributed by atoms with Gasteiger partial charge in [-0.15, -0.1) is 0 Å². The van der Waals surface area contributed by atoms with E-state index in [4.69, 9.17) is 0 Å². The molecule has 1 saturated heterocycles. The van der Waals surface area contributed by atoms with Crippen LogP contribution in [0.25, 0.3) is 15.3 Å². The number of benzene rings is 1. The largest absolute Gasteiger partial charge is 0.348 e. The highest BCUT2D eigenvalue weighted by Crippen LogP contribution is 2.28. The number of fused-ring (bicyclic) bond motifs is 1. The molecule has 0 aliphatic carbocycles. The highest BCUT2D eigenvalue weighted by molar-refractivity contribution is 7.91. The number of aromatic nitrogens is 2. The number of sulfone groups is 1. The Balaban J connectivity index is 1.61. The Morgan fingerprint density at radius 3 is 2.62 bits per heavy atom. The zero-order chi connectivity index (χ0) is 18.5. The Hall–Kier alpha value is -2.19. The molecule has 1 fully saturated rings. The van der Waals surface area contributed by atoms with Gasteiger partial charge in [0.1, 0.15) is 0 Å². The molecule has 2 aromatic heterocycles. The summed E-state index contributed by atoms with van der Waals surface area (Å²) in [5.41, 5.74) is 3.60. The van der Waals surface area contributed by atoms with Crippen molar-refractivity contribution >= 4 is 37.3 Å². The molecule has 1 aliphatic rings. The van der Waals surface area contributed by atoms with Crippen LogP contribution in [0.5, 0.6) is 0 Å². The van der Waals surface area contributed by atoms with Crippen LogP contribution in [0.1, 0.15) is 28.2 Å². The highest BCUT2D eigenvalue weighted by Gasteiger charge is 2.29. The van der Waals surface area contributed by atoms with E-state index >= 15 is 0 Å². The first-order chi connectivity index (χ1) is 12.3. The van der Waals surface area contributed by atoms with Crippen molar-refractivity contribution in [3.05, 3.63) is 47.3 Å². The van der Waals surface area contributed by atoms with Crippen molar-refractivity contribution < 1.29 is 13.2 Å². The van der Waals surface area contributed by atoms with Gasteiger partial charge in [-0.1, -0.05) is 11.3 Å². The lowest BCUT2D eigenvalue weighted by atomic mass is 10.2. The molecular weight excluding hydrogens is 370 g/mol. The fourth-order valence-corrected chi connectivity index (χ4v) is 6.09. The Morgan fingerprint density at radius 1 is 1.23 bits per heavy atom. The predicted octanol–water partition coefficient (Wildman–Crippen LogP) is 2.62. The number of nitrogens with one attached hydrogen (secondary N) is 1. The van der Waals surface area contributed by atoms with Crippen LogP contribution in [0.2, 0.25) is 0 Å². The van der Waals surface area contributed by atoms with Crippen LogP contribution in [-0.4, -0.2) is 41.4 Å². The summed E-state index contributed by atoms with van der Waals surface area (Å²) >= 11 is 1.53. The maximum absolute atomic E-state index is 12.5. The summed E-state index contributed by atoms with van der Waals surface area (Å²) in [4.78, 5) is 17.1. The average molecular weight is 390 g/mol. The minimum absolute atomic E-state index is 0.0257. The van der Waals surface area contributed by atoms with E-state index in [1.165, 1.54) is 11.3 Å². The second-order valence-electron chi connectivity index (χ2n) is 6.70. The van der Waals surface area contributed by atoms with Crippen molar-refractivity contribution in [2.24, 2.45) is 0 Å². The van der Waals surface area contributed by atoms with E-state index in [1.807, 2.05) is 26.0 Å². The molecule has 8 heteroatoms. The molecule has 0 saturated carbocycles. The van der Waals surface area contributed by atoms with Gasteiger partial charge in [-0.2, -0.15) is 0 Å². The molecule has 6 nitrogen and oxygen atoms in total.